The first kappa shape index (κ1) is 10.1. The number of esters is 1. The van der Waals surface area contributed by atoms with E-state index in [-0.39, 0.29) is 5.97 Å². The van der Waals surface area contributed by atoms with Gasteiger partial charge in [-0.15, -0.1) is 0 Å². The van der Waals surface area contributed by atoms with Crippen LogP contribution in [-0.2, 0) is 4.79 Å². The Morgan fingerprint density at radius 2 is 2.53 bits per heavy atom. The average molecular weight is 206 g/mol. The highest BCUT2D eigenvalue weighted by atomic mass is 16.5. The molecule has 1 fully saturated rings. The first-order chi connectivity index (χ1) is 7.34. The Bertz CT molecular complexity index is 321. The van der Waals surface area contributed by atoms with Crippen LogP contribution >= 0.6 is 0 Å². The lowest BCUT2D eigenvalue weighted by Crippen LogP contribution is -2.16. The van der Waals surface area contributed by atoms with Crippen molar-refractivity contribution < 1.29 is 9.53 Å². The number of nitrogens with zero attached hydrogens (tertiary/aromatic N) is 1. The Morgan fingerprint density at radius 1 is 1.60 bits per heavy atom. The predicted molar refractivity (Wildman–Crippen MR) is 55.5 cm³/mol. The van der Waals surface area contributed by atoms with Crippen molar-refractivity contribution >= 4 is 5.97 Å². The summed E-state index contributed by atoms with van der Waals surface area (Å²) >= 11 is 0. The van der Waals surface area contributed by atoms with Gasteiger partial charge in [0, 0.05) is 12.3 Å². The second-order valence-corrected chi connectivity index (χ2v) is 3.70. The number of carbonyl (C=O) groups is 1. The maximum atomic E-state index is 11.5. The van der Waals surface area contributed by atoms with Gasteiger partial charge >= 0.3 is 5.97 Å². The summed E-state index contributed by atoms with van der Waals surface area (Å²) in [5.74, 6) is 0.608. The van der Waals surface area contributed by atoms with Crippen molar-refractivity contribution in [3.8, 4) is 5.88 Å². The molecule has 0 aliphatic carbocycles. The molecule has 15 heavy (non-hydrogen) atoms. The van der Waals surface area contributed by atoms with E-state index in [0.29, 0.717) is 18.2 Å². The van der Waals surface area contributed by atoms with Crippen LogP contribution in [-0.4, -0.2) is 24.0 Å². The van der Waals surface area contributed by atoms with Crippen LogP contribution in [0.5, 0.6) is 5.88 Å². The van der Waals surface area contributed by atoms with Gasteiger partial charge in [0.25, 0.3) is 0 Å². The molecule has 80 valence electrons. The Hall–Kier alpha value is -1.42. The number of pyridine rings is 1. The van der Waals surface area contributed by atoms with Gasteiger partial charge in [-0.2, -0.15) is 0 Å². The van der Waals surface area contributed by atoms with Crippen molar-refractivity contribution in [3.05, 3.63) is 24.4 Å². The van der Waals surface area contributed by atoms with Crippen LogP contribution in [0.2, 0.25) is 0 Å². The molecule has 0 bridgehead atoms. The summed E-state index contributed by atoms with van der Waals surface area (Å²) in [5, 5.41) is 3.22. The quantitative estimate of drug-likeness (QED) is 0.749. The normalized spacial score (nSPS) is 20.1. The zero-order valence-electron chi connectivity index (χ0n) is 8.48. The third kappa shape index (κ3) is 3.02. The van der Waals surface area contributed by atoms with Crippen molar-refractivity contribution in [2.45, 2.75) is 12.8 Å². The minimum Gasteiger partial charge on any atom is -0.407 e. The van der Waals surface area contributed by atoms with Crippen LogP contribution in [0, 0.1) is 5.92 Å². The summed E-state index contributed by atoms with van der Waals surface area (Å²) in [7, 11) is 0. The van der Waals surface area contributed by atoms with Crippen LogP contribution in [0.1, 0.15) is 12.8 Å². The summed E-state index contributed by atoms with van der Waals surface area (Å²) in [6.07, 6.45) is 3.14. The van der Waals surface area contributed by atoms with E-state index in [4.69, 9.17) is 4.74 Å². The minimum atomic E-state index is -0.192. The molecule has 4 heteroatoms. The fourth-order valence-corrected chi connectivity index (χ4v) is 1.69. The first-order valence-corrected chi connectivity index (χ1v) is 5.17. The monoisotopic (exact) mass is 206 g/mol. The van der Waals surface area contributed by atoms with Gasteiger partial charge in [-0.3, -0.25) is 4.79 Å². The highest BCUT2D eigenvalue weighted by molar-refractivity contribution is 5.72. The lowest BCUT2D eigenvalue weighted by molar-refractivity contribution is -0.135. The Kier molecular flexibility index (Phi) is 3.29. The van der Waals surface area contributed by atoms with Crippen molar-refractivity contribution in [2.75, 3.05) is 13.1 Å². The largest absolute Gasteiger partial charge is 0.407 e. The SMILES string of the molecule is O=C(CC1CCNC1)Oc1ccccn1. The van der Waals surface area contributed by atoms with E-state index in [9.17, 15) is 4.79 Å². The smallest absolute Gasteiger partial charge is 0.312 e. The van der Waals surface area contributed by atoms with E-state index in [1.54, 1.807) is 24.4 Å². The predicted octanol–water partition coefficient (Wildman–Crippen LogP) is 0.987. The van der Waals surface area contributed by atoms with E-state index in [2.05, 4.69) is 10.3 Å². The molecule has 1 aromatic rings. The highest BCUT2D eigenvalue weighted by Crippen LogP contribution is 2.14. The molecule has 0 aromatic carbocycles. The third-order valence-electron chi connectivity index (χ3n) is 2.47. The van der Waals surface area contributed by atoms with Crippen LogP contribution in [0.4, 0.5) is 0 Å². The van der Waals surface area contributed by atoms with Gasteiger partial charge in [-0.05, 0) is 31.5 Å². The molecule has 0 saturated carbocycles. The van der Waals surface area contributed by atoms with E-state index in [0.717, 1.165) is 19.5 Å². The number of rotatable bonds is 3. The van der Waals surface area contributed by atoms with Crippen molar-refractivity contribution in [3.63, 3.8) is 0 Å². The molecule has 0 spiro atoms. The zero-order valence-corrected chi connectivity index (χ0v) is 8.48. The molecule has 4 nitrogen and oxygen atoms in total. The van der Waals surface area contributed by atoms with Crippen molar-refractivity contribution in [2.24, 2.45) is 5.92 Å². The van der Waals surface area contributed by atoms with Gasteiger partial charge in [0.1, 0.15) is 0 Å². The average Bonchev–Trinajstić information content (AvgIpc) is 2.71. The Labute approximate surface area is 88.7 Å². The molecule has 1 aliphatic heterocycles. The van der Waals surface area contributed by atoms with Gasteiger partial charge in [0.2, 0.25) is 5.88 Å². The maximum Gasteiger partial charge on any atom is 0.312 e. The first-order valence-electron chi connectivity index (χ1n) is 5.17. The maximum absolute atomic E-state index is 11.5. The number of aromatic nitrogens is 1. The molecular formula is C11H14N2O2. The summed E-state index contributed by atoms with van der Waals surface area (Å²) in [6.45, 7) is 1.92. The van der Waals surface area contributed by atoms with Gasteiger partial charge in [0.05, 0.1) is 6.42 Å². The summed E-state index contributed by atoms with van der Waals surface area (Å²) in [4.78, 5) is 15.4. The Morgan fingerprint density at radius 3 is 3.20 bits per heavy atom. The second-order valence-electron chi connectivity index (χ2n) is 3.70. The zero-order chi connectivity index (χ0) is 10.5. The minimum absolute atomic E-state index is 0.192. The molecule has 1 aliphatic rings. The molecule has 1 unspecified atom stereocenters. The van der Waals surface area contributed by atoms with Gasteiger partial charge in [-0.25, -0.2) is 4.98 Å². The van der Waals surface area contributed by atoms with E-state index in [1.165, 1.54) is 0 Å². The fraction of sp³-hybridized carbons (Fsp3) is 0.455. The molecule has 1 N–H and O–H groups in total. The number of carbonyl (C=O) groups excluding carboxylic acids is 1. The fourth-order valence-electron chi connectivity index (χ4n) is 1.69. The van der Waals surface area contributed by atoms with Gasteiger partial charge < -0.3 is 10.1 Å². The van der Waals surface area contributed by atoms with E-state index >= 15 is 0 Å². The summed E-state index contributed by atoms with van der Waals surface area (Å²) in [6, 6.07) is 5.27. The van der Waals surface area contributed by atoms with Gasteiger partial charge in [-0.1, -0.05) is 6.07 Å². The van der Waals surface area contributed by atoms with Crippen molar-refractivity contribution in [1.82, 2.24) is 10.3 Å². The molecule has 0 radical (unpaired) electrons. The van der Waals surface area contributed by atoms with E-state index < -0.39 is 0 Å². The topological polar surface area (TPSA) is 51.2 Å². The van der Waals surface area contributed by atoms with Crippen LogP contribution in [0.3, 0.4) is 0 Å². The number of nitrogens with one attached hydrogen (secondary N) is 1. The molecule has 1 atom stereocenters. The lowest BCUT2D eigenvalue weighted by Gasteiger charge is -2.06. The van der Waals surface area contributed by atoms with Crippen molar-refractivity contribution in [1.29, 1.82) is 0 Å². The molecule has 2 heterocycles. The second kappa shape index (κ2) is 4.89. The molecule has 0 amide bonds. The number of hydrogen-bond donors (Lipinski definition) is 1. The third-order valence-corrected chi connectivity index (χ3v) is 2.47. The Balaban J connectivity index is 1.82. The summed E-state index contributed by atoms with van der Waals surface area (Å²) in [5.41, 5.74) is 0. The number of hydrogen-bond acceptors (Lipinski definition) is 4. The standard InChI is InChI=1S/C11H14N2O2/c14-11(7-9-4-6-12-8-9)15-10-3-1-2-5-13-10/h1-3,5,9,12H,4,6-8H2. The van der Waals surface area contributed by atoms with Crippen LogP contribution in [0.15, 0.2) is 24.4 Å². The highest BCUT2D eigenvalue weighted by Gasteiger charge is 2.19. The summed E-state index contributed by atoms with van der Waals surface area (Å²) < 4.78 is 5.10. The lowest BCUT2D eigenvalue weighted by atomic mass is 10.1. The van der Waals surface area contributed by atoms with Gasteiger partial charge in [0.15, 0.2) is 0 Å². The molecule has 2 rings (SSSR count). The van der Waals surface area contributed by atoms with Crippen LogP contribution < -0.4 is 10.1 Å². The molecular weight excluding hydrogens is 192 g/mol. The van der Waals surface area contributed by atoms with E-state index in [1.807, 2.05) is 0 Å². The van der Waals surface area contributed by atoms with Crippen LogP contribution in [0.25, 0.3) is 0 Å². The molecule has 1 saturated heterocycles. The number of ether oxygens (including phenoxy) is 1. The molecule has 1 aromatic heterocycles.